The standard InChI is InChI=1S/C23H13Cl3N2O2S/c1-11-2-7-17-18(8-11)30-23(28-17)15-10-13(4-6-16(15)25)27-22(29)21-20(26)14-5-3-12(24)9-19(14)31-21/h2-10H,1H3,(H,27,29). The van der Waals surface area contributed by atoms with Crippen LogP contribution in [0.1, 0.15) is 15.2 Å². The van der Waals surface area contributed by atoms with E-state index >= 15 is 0 Å². The Labute approximate surface area is 196 Å². The molecule has 0 unspecified atom stereocenters. The quantitative estimate of drug-likeness (QED) is 0.279. The molecule has 4 nitrogen and oxygen atoms in total. The number of amides is 1. The van der Waals surface area contributed by atoms with Crippen LogP contribution in [0.5, 0.6) is 0 Å². The van der Waals surface area contributed by atoms with Crippen LogP contribution in [0, 0.1) is 6.92 Å². The van der Waals surface area contributed by atoms with E-state index in [9.17, 15) is 4.79 Å². The molecule has 0 bridgehead atoms. The third-order valence-electron chi connectivity index (χ3n) is 4.80. The number of aromatic nitrogens is 1. The van der Waals surface area contributed by atoms with Crippen molar-refractivity contribution in [3.05, 3.63) is 80.1 Å². The minimum absolute atomic E-state index is 0.316. The zero-order valence-electron chi connectivity index (χ0n) is 16.0. The maximum Gasteiger partial charge on any atom is 0.267 e. The normalized spacial score (nSPS) is 11.4. The molecule has 1 amide bonds. The molecule has 0 aliphatic heterocycles. The van der Waals surface area contributed by atoms with Gasteiger partial charge in [0.15, 0.2) is 5.58 Å². The smallest absolute Gasteiger partial charge is 0.267 e. The van der Waals surface area contributed by atoms with Gasteiger partial charge in [-0.3, -0.25) is 4.79 Å². The molecule has 1 N–H and O–H groups in total. The number of fused-ring (bicyclic) bond motifs is 2. The highest BCUT2D eigenvalue weighted by Crippen LogP contribution is 2.38. The van der Waals surface area contributed by atoms with E-state index in [0.717, 1.165) is 21.2 Å². The summed E-state index contributed by atoms with van der Waals surface area (Å²) in [6, 6.07) is 16.3. The van der Waals surface area contributed by atoms with Gasteiger partial charge in [-0.1, -0.05) is 46.9 Å². The van der Waals surface area contributed by atoms with Crippen LogP contribution in [0.4, 0.5) is 5.69 Å². The molecule has 8 heteroatoms. The number of hydrogen-bond acceptors (Lipinski definition) is 4. The number of thiophene rings is 1. The Morgan fingerprint density at radius 3 is 2.71 bits per heavy atom. The molecular weight excluding hydrogens is 475 g/mol. The lowest BCUT2D eigenvalue weighted by Crippen LogP contribution is -2.10. The number of aryl methyl sites for hydroxylation is 1. The van der Waals surface area contributed by atoms with E-state index in [2.05, 4.69) is 10.3 Å². The number of halogens is 3. The Morgan fingerprint density at radius 1 is 1.03 bits per heavy atom. The van der Waals surface area contributed by atoms with E-state index < -0.39 is 0 Å². The molecule has 0 fully saturated rings. The van der Waals surface area contributed by atoms with Crippen molar-refractivity contribution in [1.29, 1.82) is 0 Å². The highest BCUT2D eigenvalue weighted by Gasteiger charge is 2.19. The minimum atomic E-state index is -0.316. The first kappa shape index (κ1) is 20.3. The first-order chi connectivity index (χ1) is 14.9. The molecule has 5 aromatic rings. The molecule has 2 heterocycles. The zero-order valence-corrected chi connectivity index (χ0v) is 19.1. The van der Waals surface area contributed by atoms with Crippen LogP contribution in [-0.2, 0) is 0 Å². The Bertz CT molecular complexity index is 1490. The van der Waals surface area contributed by atoms with Gasteiger partial charge in [0.25, 0.3) is 5.91 Å². The van der Waals surface area contributed by atoms with Crippen molar-refractivity contribution in [1.82, 2.24) is 4.98 Å². The molecule has 31 heavy (non-hydrogen) atoms. The number of nitrogens with zero attached hydrogens (tertiary/aromatic N) is 1. The third kappa shape index (κ3) is 3.79. The van der Waals surface area contributed by atoms with Crippen molar-refractivity contribution in [3.63, 3.8) is 0 Å². The van der Waals surface area contributed by atoms with Crippen molar-refractivity contribution in [2.24, 2.45) is 0 Å². The fourth-order valence-corrected chi connectivity index (χ4v) is 5.17. The highest BCUT2D eigenvalue weighted by atomic mass is 35.5. The molecule has 0 radical (unpaired) electrons. The summed E-state index contributed by atoms with van der Waals surface area (Å²) in [6.45, 7) is 1.98. The van der Waals surface area contributed by atoms with Crippen LogP contribution >= 0.6 is 46.1 Å². The molecule has 154 valence electrons. The molecule has 0 saturated heterocycles. The molecule has 2 aromatic heterocycles. The number of anilines is 1. The average molecular weight is 488 g/mol. The Hall–Kier alpha value is -2.57. The van der Waals surface area contributed by atoms with E-state index in [1.54, 1.807) is 30.3 Å². The van der Waals surface area contributed by atoms with Crippen LogP contribution in [0.25, 0.3) is 32.6 Å². The van der Waals surface area contributed by atoms with E-state index in [1.165, 1.54) is 11.3 Å². The predicted octanol–water partition coefficient (Wildman–Crippen LogP) is 8.23. The van der Waals surface area contributed by atoms with E-state index in [4.69, 9.17) is 39.2 Å². The second-order valence-electron chi connectivity index (χ2n) is 7.02. The van der Waals surface area contributed by atoms with Gasteiger partial charge in [0.05, 0.1) is 15.6 Å². The van der Waals surface area contributed by atoms with Crippen LogP contribution < -0.4 is 5.32 Å². The van der Waals surface area contributed by atoms with Gasteiger partial charge in [-0.2, -0.15) is 0 Å². The average Bonchev–Trinajstić information content (AvgIpc) is 3.29. The third-order valence-corrected chi connectivity index (χ3v) is 7.02. The summed E-state index contributed by atoms with van der Waals surface area (Å²) >= 11 is 20.2. The first-order valence-corrected chi connectivity index (χ1v) is 11.2. The summed E-state index contributed by atoms with van der Waals surface area (Å²) < 4.78 is 6.74. The Kier molecular flexibility index (Phi) is 5.15. The fourth-order valence-electron chi connectivity index (χ4n) is 3.29. The van der Waals surface area contributed by atoms with E-state index in [1.807, 2.05) is 31.2 Å². The van der Waals surface area contributed by atoms with Gasteiger partial charge < -0.3 is 9.73 Å². The van der Waals surface area contributed by atoms with Crippen LogP contribution in [0.15, 0.2) is 59.0 Å². The van der Waals surface area contributed by atoms with Crippen molar-refractivity contribution < 1.29 is 9.21 Å². The van der Waals surface area contributed by atoms with Gasteiger partial charge >= 0.3 is 0 Å². The van der Waals surface area contributed by atoms with Gasteiger partial charge in [0.1, 0.15) is 10.4 Å². The number of hydrogen-bond donors (Lipinski definition) is 1. The number of benzene rings is 3. The molecule has 0 aliphatic carbocycles. The lowest BCUT2D eigenvalue weighted by molar-refractivity contribution is 0.103. The van der Waals surface area contributed by atoms with Gasteiger partial charge in [-0.15, -0.1) is 11.3 Å². The monoisotopic (exact) mass is 486 g/mol. The van der Waals surface area contributed by atoms with E-state index in [0.29, 0.717) is 42.7 Å². The molecule has 5 rings (SSSR count). The van der Waals surface area contributed by atoms with Crippen LogP contribution in [0.3, 0.4) is 0 Å². The Balaban J connectivity index is 1.49. The molecule has 0 spiro atoms. The molecule has 0 saturated carbocycles. The number of carbonyl (C=O) groups excluding carboxylic acids is 1. The summed E-state index contributed by atoms with van der Waals surface area (Å²) in [7, 11) is 0. The number of oxazole rings is 1. The topological polar surface area (TPSA) is 55.1 Å². The Morgan fingerprint density at radius 2 is 1.87 bits per heavy atom. The summed E-state index contributed by atoms with van der Waals surface area (Å²) in [5.41, 5.74) is 3.62. The van der Waals surface area contributed by atoms with Crippen molar-refractivity contribution in [3.8, 4) is 11.5 Å². The van der Waals surface area contributed by atoms with Crippen LogP contribution in [0.2, 0.25) is 15.1 Å². The van der Waals surface area contributed by atoms with Crippen molar-refractivity contribution in [2.75, 3.05) is 5.32 Å². The lowest BCUT2D eigenvalue weighted by atomic mass is 10.2. The van der Waals surface area contributed by atoms with Gasteiger partial charge in [-0.05, 0) is 55.0 Å². The molecule has 0 atom stereocenters. The zero-order chi connectivity index (χ0) is 21.7. The van der Waals surface area contributed by atoms with Crippen molar-refractivity contribution >= 4 is 78.9 Å². The maximum atomic E-state index is 12.9. The number of rotatable bonds is 3. The predicted molar refractivity (Wildman–Crippen MR) is 129 cm³/mol. The second kappa shape index (κ2) is 7.84. The summed E-state index contributed by atoms with van der Waals surface area (Å²) in [4.78, 5) is 17.8. The van der Waals surface area contributed by atoms with Gasteiger partial charge in [0, 0.05) is 20.8 Å². The largest absolute Gasteiger partial charge is 0.436 e. The molecular formula is C23H13Cl3N2O2S. The van der Waals surface area contributed by atoms with E-state index in [-0.39, 0.29) is 5.91 Å². The van der Waals surface area contributed by atoms with Gasteiger partial charge in [0.2, 0.25) is 5.89 Å². The van der Waals surface area contributed by atoms with Gasteiger partial charge in [-0.25, -0.2) is 4.98 Å². The lowest BCUT2D eigenvalue weighted by Gasteiger charge is -2.07. The number of nitrogens with one attached hydrogen (secondary N) is 1. The summed E-state index contributed by atoms with van der Waals surface area (Å²) in [5.74, 6) is 0.0695. The first-order valence-electron chi connectivity index (χ1n) is 9.25. The maximum absolute atomic E-state index is 12.9. The SMILES string of the molecule is Cc1ccc2nc(-c3cc(NC(=O)c4sc5cc(Cl)ccc5c4Cl)ccc3Cl)oc2c1. The van der Waals surface area contributed by atoms with Crippen LogP contribution in [-0.4, -0.2) is 10.9 Å². The summed E-state index contributed by atoms with van der Waals surface area (Å²) in [5, 5.41) is 5.13. The number of carbonyl (C=O) groups is 1. The molecule has 3 aromatic carbocycles. The summed E-state index contributed by atoms with van der Waals surface area (Å²) in [6.07, 6.45) is 0. The fraction of sp³-hybridized carbons (Fsp3) is 0.0435. The van der Waals surface area contributed by atoms with Crippen molar-refractivity contribution in [2.45, 2.75) is 6.92 Å². The highest BCUT2D eigenvalue weighted by molar-refractivity contribution is 7.21. The second-order valence-corrected chi connectivity index (χ2v) is 9.30. The minimum Gasteiger partial charge on any atom is -0.436 e. The molecule has 0 aliphatic rings.